The molecule has 50 heavy (non-hydrogen) atoms. The smallest absolute Gasteiger partial charge is 0.338 e. The summed E-state index contributed by atoms with van der Waals surface area (Å²) in [5.74, 6) is 0.769. The maximum atomic E-state index is 14.3. The van der Waals surface area contributed by atoms with E-state index in [0.717, 1.165) is 0 Å². The van der Waals surface area contributed by atoms with Gasteiger partial charge in [-0.15, -0.1) is 0 Å². The molecular weight excluding hydrogens is 674 g/mol. The molecule has 252 valence electrons. The van der Waals surface area contributed by atoms with Crippen LogP contribution in [0.25, 0.3) is 11.8 Å². The molecule has 6 rings (SSSR count). The lowest BCUT2D eigenvalue weighted by Gasteiger charge is -2.26. The molecular formula is C39H32ClN3O6S. The molecule has 1 atom stereocenters. The van der Waals surface area contributed by atoms with E-state index in [2.05, 4.69) is 6.07 Å². The van der Waals surface area contributed by atoms with Crippen molar-refractivity contribution in [2.45, 2.75) is 26.5 Å². The highest BCUT2D eigenvalue weighted by Gasteiger charge is 2.35. The van der Waals surface area contributed by atoms with Crippen LogP contribution in [0.1, 0.15) is 47.7 Å². The summed E-state index contributed by atoms with van der Waals surface area (Å²) in [5.41, 5.74) is 3.55. The number of nitriles is 1. The third kappa shape index (κ3) is 6.92. The van der Waals surface area contributed by atoms with Crippen molar-refractivity contribution < 1.29 is 23.7 Å². The molecule has 0 aliphatic carbocycles. The Morgan fingerprint density at radius 1 is 1.00 bits per heavy atom. The third-order valence-corrected chi connectivity index (χ3v) is 9.20. The van der Waals surface area contributed by atoms with Crippen LogP contribution in [-0.2, 0) is 16.1 Å². The Balaban J connectivity index is 1.48. The van der Waals surface area contributed by atoms with Crippen molar-refractivity contribution in [2.75, 3.05) is 20.3 Å². The highest BCUT2D eigenvalue weighted by Crippen LogP contribution is 2.38. The maximum absolute atomic E-state index is 14.3. The number of ether oxygens (including phenoxy) is 4. The minimum absolute atomic E-state index is 0.107. The van der Waals surface area contributed by atoms with Crippen molar-refractivity contribution in [1.29, 1.82) is 5.26 Å². The molecule has 0 N–H and O–H groups in total. The molecule has 0 bridgehead atoms. The van der Waals surface area contributed by atoms with Gasteiger partial charge >= 0.3 is 5.97 Å². The molecule has 1 aliphatic heterocycles. The molecule has 11 heteroatoms. The first-order valence-electron chi connectivity index (χ1n) is 15.9. The largest absolute Gasteiger partial charge is 0.494 e. The summed E-state index contributed by atoms with van der Waals surface area (Å²) >= 11 is 7.91. The molecule has 0 amide bonds. The molecule has 9 nitrogen and oxygen atoms in total. The monoisotopic (exact) mass is 705 g/mol. The van der Waals surface area contributed by atoms with E-state index in [4.69, 9.17) is 35.5 Å². The molecule has 0 fully saturated rings. The van der Waals surface area contributed by atoms with Crippen molar-refractivity contribution in [3.63, 3.8) is 0 Å². The Labute approximate surface area is 297 Å². The van der Waals surface area contributed by atoms with E-state index in [1.807, 2.05) is 73.7 Å². The van der Waals surface area contributed by atoms with E-state index in [1.165, 1.54) is 23.0 Å². The van der Waals surface area contributed by atoms with Crippen molar-refractivity contribution in [3.8, 4) is 23.3 Å². The molecule has 1 aromatic heterocycles. The van der Waals surface area contributed by atoms with Crippen LogP contribution in [0.4, 0.5) is 0 Å². The fraction of sp³-hybridized carbons (Fsp3) is 0.179. The Hall–Kier alpha value is -5.63. The van der Waals surface area contributed by atoms with Gasteiger partial charge in [0.2, 0.25) is 0 Å². The van der Waals surface area contributed by atoms with Gasteiger partial charge in [0.15, 0.2) is 16.3 Å². The van der Waals surface area contributed by atoms with Crippen LogP contribution >= 0.6 is 22.9 Å². The van der Waals surface area contributed by atoms with Gasteiger partial charge in [-0.05, 0) is 61.4 Å². The van der Waals surface area contributed by atoms with Crippen molar-refractivity contribution >= 4 is 40.7 Å². The van der Waals surface area contributed by atoms with Gasteiger partial charge in [0.1, 0.15) is 12.4 Å². The molecule has 1 aliphatic rings. The van der Waals surface area contributed by atoms with E-state index in [9.17, 15) is 14.9 Å². The molecule has 0 unspecified atom stereocenters. The number of fused-ring (bicyclic) bond motifs is 1. The first-order valence-corrected chi connectivity index (χ1v) is 17.1. The molecule has 4 aromatic carbocycles. The van der Waals surface area contributed by atoms with Gasteiger partial charge in [-0.2, -0.15) is 5.26 Å². The number of methoxy groups -OCH3 is 1. The van der Waals surface area contributed by atoms with E-state index in [0.29, 0.717) is 66.7 Å². The van der Waals surface area contributed by atoms with E-state index in [1.54, 1.807) is 37.3 Å². The minimum Gasteiger partial charge on any atom is -0.494 e. The minimum atomic E-state index is -0.830. The molecule has 2 heterocycles. The van der Waals surface area contributed by atoms with Crippen LogP contribution < -0.4 is 29.1 Å². The standard InChI is InChI=1S/C39H32ClN3O6S/c1-4-47-29-17-15-26(16-18-29)35-33(38(45)48-5-2)34(25-11-7-6-8-12-25)42-39-43(35)37(44)32(50-39)21-24-19-30(40)36(31(20-24)46-3)49-23-28-14-10-9-13-27(28)22-41/h6-21,35H,4-5,23H2,1-3H3/b32-21-/t35-/m1/s1. The summed E-state index contributed by atoms with van der Waals surface area (Å²) in [5, 5.41) is 9.72. The van der Waals surface area contributed by atoms with Crippen molar-refractivity contribution in [1.82, 2.24) is 4.57 Å². The van der Waals surface area contributed by atoms with Crippen LogP contribution in [0.2, 0.25) is 5.02 Å². The summed E-state index contributed by atoms with van der Waals surface area (Å²) < 4.78 is 24.8. The average molecular weight is 706 g/mol. The summed E-state index contributed by atoms with van der Waals surface area (Å²) in [6.45, 7) is 4.40. The molecule has 5 aromatic rings. The summed E-state index contributed by atoms with van der Waals surface area (Å²) in [6, 6.07) is 28.6. The summed E-state index contributed by atoms with van der Waals surface area (Å²) in [7, 11) is 1.50. The lowest BCUT2D eigenvalue weighted by Crippen LogP contribution is -2.40. The first kappa shape index (κ1) is 34.2. The second kappa shape index (κ2) is 15.3. The first-order chi connectivity index (χ1) is 24.4. The Morgan fingerprint density at radius 3 is 2.44 bits per heavy atom. The van der Waals surface area contributed by atoms with Gasteiger partial charge in [0.05, 0.1) is 58.8 Å². The zero-order valence-corrected chi connectivity index (χ0v) is 29.1. The number of rotatable bonds is 11. The lowest BCUT2D eigenvalue weighted by molar-refractivity contribution is -0.138. The number of hydrogen-bond donors (Lipinski definition) is 0. The Bertz CT molecular complexity index is 2310. The highest BCUT2D eigenvalue weighted by molar-refractivity contribution is 7.07. The summed E-state index contributed by atoms with van der Waals surface area (Å²) in [4.78, 5) is 33.4. The number of thiazole rings is 1. The second-order valence-electron chi connectivity index (χ2n) is 11.0. The fourth-order valence-corrected chi connectivity index (χ4v) is 6.96. The molecule has 0 saturated carbocycles. The van der Waals surface area contributed by atoms with Crippen LogP contribution in [0.15, 0.2) is 106 Å². The number of carbonyl (C=O) groups excluding carboxylic acids is 1. The lowest BCUT2D eigenvalue weighted by atomic mass is 9.93. The van der Waals surface area contributed by atoms with Gasteiger partial charge in [0, 0.05) is 11.1 Å². The number of benzene rings is 4. The molecule has 0 radical (unpaired) electrons. The molecule has 0 saturated heterocycles. The number of carbonyl (C=O) groups is 1. The number of hydrogen-bond acceptors (Lipinski definition) is 9. The topological polar surface area (TPSA) is 112 Å². The number of halogens is 1. The third-order valence-electron chi connectivity index (χ3n) is 7.94. The molecule has 0 spiro atoms. The van der Waals surface area contributed by atoms with Crippen LogP contribution in [0.3, 0.4) is 0 Å². The quantitative estimate of drug-likeness (QED) is 0.145. The van der Waals surface area contributed by atoms with E-state index < -0.39 is 12.0 Å². The summed E-state index contributed by atoms with van der Waals surface area (Å²) in [6.07, 6.45) is 1.71. The van der Waals surface area contributed by atoms with Crippen molar-refractivity contribution in [3.05, 3.63) is 149 Å². The van der Waals surface area contributed by atoms with Crippen LogP contribution in [-0.4, -0.2) is 30.9 Å². The second-order valence-corrected chi connectivity index (χ2v) is 12.4. The number of aromatic nitrogens is 1. The maximum Gasteiger partial charge on any atom is 0.338 e. The van der Waals surface area contributed by atoms with Crippen LogP contribution in [0.5, 0.6) is 17.2 Å². The predicted octanol–water partition coefficient (Wildman–Crippen LogP) is 6.45. The highest BCUT2D eigenvalue weighted by atomic mass is 35.5. The van der Waals surface area contributed by atoms with Crippen LogP contribution in [0, 0.1) is 11.3 Å². The van der Waals surface area contributed by atoms with E-state index in [-0.39, 0.29) is 29.4 Å². The predicted molar refractivity (Wildman–Crippen MR) is 192 cm³/mol. The number of esters is 1. The van der Waals surface area contributed by atoms with E-state index >= 15 is 0 Å². The average Bonchev–Trinajstić information content (AvgIpc) is 3.45. The zero-order valence-electron chi connectivity index (χ0n) is 27.5. The fourth-order valence-electron chi connectivity index (χ4n) is 5.69. The van der Waals surface area contributed by atoms with Crippen molar-refractivity contribution in [2.24, 2.45) is 4.99 Å². The zero-order chi connectivity index (χ0) is 35.2. The normalized spacial score (nSPS) is 14.0. The SMILES string of the molecule is CCOC(=O)C1=C(c2ccccc2)N=c2s/c(=C\c3cc(Cl)c(OCc4ccccc4C#N)c(OC)c3)c(=O)n2[C@@H]1c1ccc(OCC)cc1. The van der Waals surface area contributed by atoms with Gasteiger partial charge in [-0.25, -0.2) is 9.79 Å². The van der Waals surface area contributed by atoms with Gasteiger partial charge in [-0.3, -0.25) is 9.36 Å². The van der Waals surface area contributed by atoms with Gasteiger partial charge in [-0.1, -0.05) is 83.6 Å². The Morgan fingerprint density at radius 2 is 1.74 bits per heavy atom. The number of nitrogens with zero attached hydrogens (tertiary/aromatic N) is 3. The van der Waals surface area contributed by atoms with Gasteiger partial charge in [0.25, 0.3) is 5.56 Å². The Kier molecular flexibility index (Phi) is 10.5. The van der Waals surface area contributed by atoms with Gasteiger partial charge < -0.3 is 18.9 Å².